The van der Waals surface area contributed by atoms with Crippen LogP contribution in [0.2, 0.25) is 0 Å². The van der Waals surface area contributed by atoms with Crippen LogP contribution in [0.15, 0.2) is 0 Å². The maximum Gasteiger partial charge on any atom is 0.0658 e. The van der Waals surface area contributed by atoms with Crippen LogP contribution in [0, 0.1) is 0 Å². The maximum atomic E-state index is 9.66. The van der Waals surface area contributed by atoms with E-state index in [0.717, 1.165) is 12.2 Å². The number of thioether (sulfide) groups is 1. The molecule has 11 heavy (non-hydrogen) atoms. The average Bonchev–Trinajstić information content (AvgIpc) is 2.18. The molecule has 66 valence electrons. The van der Waals surface area contributed by atoms with Crippen molar-refractivity contribution in [2.45, 2.75) is 50.4 Å². The predicted molar refractivity (Wildman–Crippen MR) is 51.0 cm³/mol. The molecule has 1 saturated carbocycles. The van der Waals surface area contributed by atoms with Gasteiger partial charge >= 0.3 is 0 Å². The first kappa shape index (κ1) is 9.40. The summed E-state index contributed by atoms with van der Waals surface area (Å²) in [5.74, 6) is 1.14. The standard InChI is InChI=1S/C9H18OS/c1-2-11-9-7-5-3-4-6-8(9)10/h8-10H,2-7H2,1H3. The zero-order valence-electron chi connectivity index (χ0n) is 7.25. The average molecular weight is 174 g/mol. The number of hydrogen-bond donors (Lipinski definition) is 1. The van der Waals surface area contributed by atoms with Crippen molar-refractivity contribution in [1.82, 2.24) is 0 Å². The second kappa shape index (κ2) is 5.04. The fraction of sp³-hybridized carbons (Fsp3) is 1.00. The van der Waals surface area contributed by atoms with Crippen molar-refractivity contribution in [1.29, 1.82) is 0 Å². The monoisotopic (exact) mass is 174 g/mol. The third kappa shape index (κ3) is 3.04. The summed E-state index contributed by atoms with van der Waals surface area (Å²) in [7, 11) is 0. The van der Waals surface area contributed by atoms with Crippen LogP contribution in [0.1, 0.15) is 39.0 Å². The first-order chi connectivity index (χ1) is 5.34. The Hall–Kier alpha value is 0.310. The molecule has 1 aliphatic carbocycles. The van der Waals surface area contributed by atoms with Crippen molar-refractivity contribution in [2.24, 2.45) is 0 Å². The van der Waals surface area contributed by atoms with Crippen LogP contribution >= 0.6 is 11.8 Å². The lowest BCUT2D eigenvalue weighted by Gasteiger charge is -2.18. The molecule has 0 amide bonds. The van der Waals surface area contributed by atoms with E-state index >= 15 is 0 Å². The SMILES string of the molecule is CCSC1CCCCCC1O. The molecular weight excluding hydrogens is 156 g/mol. The van der Waals surface area contributed by atoms with Crippen LogP contribution in [-0.2, 0) is 0 Å². The summed E-state index contributed by atoms with van der Waals surface area (Å²) in [5.41, 5.74) is 0. The van der Waals surface area contributed by atoms with Crippen LogP contribution in [0.25, 0.3) is 0 Å². The first-order valence-electron chi connectivity index (χ1n) is 4.64. The number of aliphatic hydroxyl groups excluding tert-OH is 1. The van der Waals surface area contributed by atoms with Crippen molar-refractivity contribution in [3.05, 3.63) is 0 Å². The molecule has 2 atom stereocenters. The largest absolute Gasteiger partial charge is 0.392 e. The van der Waals surface area contributed by atoms with E-state index in [4.69, 9.17) is 0 Å². The Balaban J connectivity index is 2.32. The van der Waals surface area contributed by atoms with Gasteiger partial charge in [0.05, 0.1) is 6.10 Å². The smallest absolute Gasteiger partial charge is 0.0658 e. The van der Waals surface area contributed by atoms with Gasteiger partial charge in [-0.15, -0.1) is 0 Å². The molecule has 0 aromatic carbocycles. The van der Waals surface area contributed by atoms with Crippen molar-refractivity contribution in [2.75, 3.05) is 5.75 Å². The second-order valence-corrected chi connectivity index (χ2v) is 4.72. The lowest BCUT2D eigenvalue weighted by Crippen LogP contribution is -2.21. The normalized spacial score (nSPS) is 33.3. The molecule has 1 N–H and O–H groups in total. The van der Waals surface area contributed by atoms with Gasteiger partial charge in [0.2, 0.25) is 0 Å². The van der Waals surface area contributed by atoms with Gasteiger partial charge in [-0.25, -0.2) is 0 Å². The van der Waals surface area contributed by atoms with Gasteiger partial charge < -0.3 is 5.11 Å². The van der Waals surface area contributed by atoms with E-state index in [-0.39, 0.29) is 6.10 Å². The van der Waals surface area contributed by atoms with E-state index in [0.29, 0.717) is 5.25 Å². The molecule has 0 spiro atoms. The summed E-state index contributed by atoms with van der Waals surface area (Å²) in [6, 6.07) is 0. The molecule has 0 bridgehead atoms. The van der Waals surface area contributed by atoms with Crippen LogP contribution in [-0.4, -0.2) is 22.2 Å². The van der Waals surface area contributed by atoms with Crippen LogP contribution in [0.5, 0.6) is 0 Å². The molecular formula is C9H18OS. The van der Waals surface area contributed by atoms with Gasteiger partial charge in [-0.1, -0.05) is 26.2 Å². The summed E-state index contributed by atoms with van der Waals surface area (Å²) in [6.07, 6.45) is 6.08. The van der Waals surface area contributed by atoms with E-state index in [1.165, 1.54) is 25.7 Å². The van der Waals surface area contributed by atoms with Crippen LogP contribution < -0.4 is 0 Å². The molecule has 1 fully saturated rings. The van der Waals surface area contributed by atoms with E-state index in [2.05, 4.69) is 6.92 Å². The summed E-state index contributed by atoms with van der Waals surface area (Å²) in [6.45, 7) is 2.17. The molecule has 2 heteroatoms. The van der Waals surface area contributed by atoms with Gasteiger partial charge in [-0.3, -0.25) is 0 Å². The highest BCUT2D eigenvalue weighted by Gasteiger charge is 2.20. The Morgan fingerprint density at radius 2 is 2.00 bits per heavy atom. The lowest BCUT2D eigenvalue weighted by molar-refractivity contribution is 0.163. The minimum absolute atomic E-state index is 0.0255. The molecule has 1 nitrogen and oxygen atoms in total. The van der Waals surface area contributed by atoms with E-state index in [1.54, 1.807) is 0 Å². The molecule has 2 unspecified atom stereocenters. The Bertz CT molecular complexity index is 106. The van der Waals surface area contributed by atoms with Crippen molar-refractivity contribution >= 4 is 11.8 Å². The van der Waals surface area contributed by atoms with E-state index < -0.39 is 0 Å². The lowest BCUT2D eigenvalue weighted by atomic mass is 10.1. The molecule has 1 rings (SSSR count). The minimum atomic E-state index is -0.0255. The van der Waals surface area contributed by atoms with Crippen molar-refractivity contribution < 1.29 is 5.11 Å². The number of rotatable bonds is 2. The Labute approximate surface area is 73.6 Å². The zero-order valence-corrected chi connectivity index (χ0v) is 8.07. The number of hydrogen-bond acceptors (Lipinski definition) is 2. The van der Waals surface area contributed by atoms with Gasteiger partial charge in [0.1, 0.15) is 0 Å². The second-order valence-electron chi connectivity index (χ2n) is 3.20. The zero-order chi connectivity index (χ0) is 8.10. The minimum Gasteiger partial charge on any atom is -0.392 e. The summed E-state index contributed by atoms with van der Waals surface area (Å²) in [4.78, 5) is 0. The van der Waals surface area contributed by atoms with Gasteiger partial charge in [0.25, 0.3) is 0 Å². The molecule has 1 aliphatic rings. The van der Waals surface area contributed by atoms with Crippen LogP contribution in [0.4, 0.5) is 0 Å². The topological polar surface area (TPSA) is 20.2 Å². The highest BCUT2D eigenvalue weighted by atomic mass is 32.2. The molecule has 0 aromatic rings. The molecule has 0 radical (unpaired) electrons. The first-order valence-corrected chi connectivity index (χ1v) is 5.69. The van der Waals surface area contributed by atoms with Gasteiger partial charge in [0.15, 0.2) is 0 Å². The Morgan fingerprint density at radius 1 is 1.27 bits per heavy atom. The number of aliphatic hydroxyl groups is 1. The fourth-order valence-corrected chi connectivity index (χ4v) is 2.78. The van der Waals surface area contributed by atoms with Gasteiger partial charge in [-0.2, -0.15) is 11.8 Å². The summed E-state index contributed by atoms with van der Waals surface area (Å²) in [5, 5.41) is 10.2. The van der Waals surface area contributed by atoms with Crippen molar-refractivity contribution in [3.8, 4) is 0 Å². The fourth-order valence-electron chi connectivity index (χ4n) is 1.66. The van der Waals surface area contributed by atoms with Crippen molar-refractivity contribution in [3.63, 3.8) is 0 Å². The highest BCUT2D eigenvalue weighted by Crippen LogP contribution is 2.27. The van der Waals surface area contributed by atoms with Gasteiger partial charge in [0, 0.05) is 5.25 Å². The predicted octanol–water partition coefficient (Wildman–Crippen LogP) is 2.43. The molecule has 0 aliphatic heterocycles. The Morgan fingerprint density at radius 3 is 2.73 bits per heavy atom. The molecule has 0 aromatic heterocycles. The van der Waals surface area contributed by atoms with E-state index in [9.17, 15) is 5.11 Å². The molecule has 0 saturated heterocycles. The van der Waals surface area contributed by atoms with Gasteiger partial charge in [-0.05, 0) is 18.6 Å². The van der Waals surface area contributed by atoms with E-state index in [1.807, 2.05) is 11.8 Å². The van der Waals surface area contributed by atoms with Crippen LogP contribution in [0.3, 0.4) is 0 Å². The molecule has 0 heterocycles. The highest BCUT2D eigenvalue weighted by molar-refractivity contribution is 7.99. The summed E-state index contributed by atoms with van der Waals surface area (Å²) < 4.78 is 0. The third-order valence-corrected chi connectivity index (χ3v) is 3.61. The summed E-state index contributed by atoms with van der Waals surface area (Å²) >= 11 is 1.92. The third-order valence-electron chi connectivity index (χ3n) is 2.30. The quantitative estimate of drug-likeness (QED) is 0.649. The maximum absolute atomic E-state index is 9.66. The Kier molecular flexibility index (Phi) is 4.31.